The molecule has 4 rings (SSSR count). The van der Waals surface area contributed by atoms with Crippen LogP contribution in [-0.2, 0) is 4.79 Å². The number of rotatable bonds is 6. The first kappa shape index (κ1) is 19.0. The van der Waals surface area contributed by atoms with Gasteiger partial charge in [0.05, 0.1) is 12.3 Å². The van der Waals surface area contributed by atoms with Gasteiger partial charge >= 0.3 is 0 Å². The second kappa shape index (κ2) is 7.95. The van der Waals surface area contributed by atoms with E-state index < -0.39 is 0 Å². The number of hydrogen-bond acceptors (Lipinski definition) is 6. The van der Waals surface area contributed by atoms with Crippen LogP contribution in [0.3, 0.4) is 0 Å². The van der Waals surface area contributed by atoms with Gasteiger partial charge in [-0.3, -0.25) is 4.79 Å². The Hall–Kier alpha value is -3.35. The smallest absolute Gasteiger partial charge is 0.258 e. The van der Waals surface area contributed by atoms with E-state index in [4.69, 9.17) is 9.26 Å². The molecule has 150 valence electrons. The van der Waals surface area contributed by atoms with E-state index in [1.54, 1.807) is 4.90 Å². The summed E-state index contributed by atoms with van der Waals surface area (Å²) in [4.78, 5) is 21.0. The lowest BCUT2D eigenvalue weighted by Gasteiger charge is -2.19. The number of anilines is 2. The van der Waals surface area contributed by atoms with Crippen molar-refractivity contribution in [2.45, 2.75) is 19.3 Å². The van der Waals surface area contributed by atoms with Crippen LogP contribution in [0.1, 0.15) is 25.1 Å². The molecule has 1 aliphatic heterocycles. The zero-order chi connectivity index (χ0) is 20.4. The quantitative estimate of drug-likeness (QED) is 0.637. The van der Waals surface area contributed by atoms with E-state index in [2.05, 4.69) is 10.1 Å². The van der Waals surface area contributed by atoms with Crippen LogP contribution in [0, 0.1) is 0 Å². The molecule has 29 heavy (non-hydrogen) atoms. The number of amides is 1. The number of carbonyl (C=O) groups excluding carboxylic acids is 1. The summed E-state index contributed by atoms with van der Waals surface area (Å²) in [6.07, 6.45) is 0.344. The minimum Gasteiger partial charge on any atom is -0.492 e. The predicted molar refractivity (Wildman–Crippen MR) is 111 cm³/mol. The molecule has 7 heteroatoms. The van der Waals surface area contributed by atoms with Crippen molar-refractivity contribution >= 4 is 17.3 Å². The second-order valence-electron chi connectivity index (χ2n) is 7.21. The van der Waals surface area contributed by atoms with E-state index in [0.29, 0.717) is 37.0 Å². The molecule has 0 bridgehead atoms. The number of benzene rings is 2. The lowest BCUT2D eigenvalue weighted by atomic mass is 10.1. The highest BCUT2D eigenvalue weighted by Crippen LogP contribution is 2.36. The molecule has 1 fully saturated rings. The summed E-state index contributed by atoms with van der Waals surface area (Å²) in [7, 11) is 3.97. The SMILES string of the molecule is CCOc1ccccc1N1CC(c2noc(-c3cccc(N(C)C)c3)n2)CC1=O. The molecule has 1 atom stereocenters. The van der Waals surface area contributed by atoms with Gasteiger partial charge in [-0.2, -0.15) is 4.98 Å². The van der Waals surface area contributed by atoms with Gasteiger partial charge in [0.15, 0.2) is 5.82 Å². The average Bonchev–Trinajstić information content (AvgIpc) is 3.36. The third-order valence-corrected chi connectivity index (χ3v) is 5.00. The van der Waals surface area contributed by atoms with Gasteiger partial charge in [-0.25, -0.2) is 0 Å². The first-order valence-electron chi connectivity index (χ1n) is 9.70. The van der Waals surface area contributed by atoms with Gasteiger partial charge in [-0.15, -0.1) is 0 Å². The van der Waals surface area contributed by atoms with Crippen LogP contribution in [0.15, 0.2) is 53.1 Å². The monoisotopic (exact) mass is 392 g/mol. The summed E-state index contributed by atoms with van der Waals surface area (Å²) in [5.74, 6) is 1.64. The molecule has 2 aromatic carbocycles. The van der Waals surface area contributed by atoms with Crippen LogP contribution in [0.2, 0.25) is 0 Å². The number of hydrogen-bond donors (Lipinski definition) is 0. The van der Waals surface area contributed by atoms with Crippen LogP contribution in [0.25, 0.3) is 11.5 Å². The van der Waals surface area contributed by atoms with Gasteiger partial charge in [0.1, 0.15) is 5.75 Å². The average molecular weight is 392 g/mol. The first-order chi connectivity index (χ1) is 14.1. The highest BCUT2D eigenvalue weighted by Gasteiger charge is 2.35. The molecule has 1 amide bonds. The van der Waals surface area contributed by atoms with Crippen molar-refractivity contribution in [2.75, 3.05) is 37.0 Å². The first-order valence-corrected chi connectivity index (χ1v) is 9.70. The molecule has 0 N–H and O–H groups in total. The Labute approximate surface area is 169 Å². The molecule has 0 radical (unpaired) electrons. The molecule has 0 aliphatic carbocycles. The fraction of sp³-hybridized carbons (Fsp3) is 0.318. The lowest BCUT2D eigenvalue weighted by Crippen LogP contribution is -2.25. The maximum atomic E-state index is 12.7. The van der Waals surface area contributed by atoms with Crippen LogP contribution < -0.4 is 14.5 Å². The van der Waals surface area contributed by atoms with Gasteiger partial charge in [-0.05, 0) is 37.3 Å². The third kappa shape index (κ3) is 3.81. The molecular formula is C22H24N4O3. The fourth-order valence-corrected chi connectivity index (χ4v) is 3.51. The van der Waals surface area contributed by atoms with E-state index in [1.165, 1.54) is 0 Å². The molecule has 7 nitrogen and oxygen atoms in total. The van der Waals surface area contributed by atoms with Gasteiger partial charge in [0.2, 0.25) is 5.91 Å². The normalized spacial score (nSPS) is 16.3. The number of carbonyl (C=O) groups is 1. The summed E-state index contributed by atoms with van der Waals surface area (Å²) < 4.78 is 11.2. The van der Waals surface area contributed by atoms with Gasteiger partial charge < -0.3 is 19.1 Å². The van der Waals surface area contributed by atoms with Crippen molar-refractivity contribution in [1.29, 1.82) is 0 Å². The van der Waals surface area contributed by atoms with Crippen molar-refractivity contribution < 1.29 is 14.1 Å². The van der Waals surface area contributed by atoms with E-state index in [1.807, 2.05) is 74.4 Å². The van der Waals surface area contributed by atoms with Crippen LogP contribution in [0.5, 0.6) is 5.75 Å². The Kier molecular flexibility index (Phi) is 5.20. The summed E-state index contributed by atoms with van der Waals surface area (Å²) >= 11 is 0. The van der Waals surface area contributed by atoms with Gasteiger partial charge in [-0.1, -0.05) is 23.4 Å². The topological polar surface area (TPSA) is 71.7 Å². The molecule has 0 saturated carbocycles. The fourth-order valence-electron chi connectivity index (χ4n) is 3.51. The Bertz CT molecular complexity index is 1010. The number of aromatic nitrogens is 2. The molecular weight excluding hydrogens is 368 g/mol. The van der Waals surface area contributed by atoms with Crippen LogP contribution in [0.4, 0.5) is 11.4 Å². The zero-order valence-electron chi connectivity index (χ0n) is 16.8. The summed E-state index contributed by atoms with van der Waals surface area (Å²) in [5.41, 5.74) is 2.69. The van der Waals surface area contributed by atoms with Gasteiger partial charge in [0.25, 0.3) is 5.89 Å². The maximum absolute atomic E-state index is 12.7. The van der Waals surface area contributed by atoms with E-state index in [9.17, 15) is 4.79 Å². The minimum atomic E-state index is -0.119. The Morgan fingerprint density at radius 3 is 2.83 bits per heavy atom. The molecule has 1 aromatic heterocycles. The van der Waals surface area contributed by atoms with Crippen molar-refractivity contribution in [2.24, 2.45) is 0 Å². The van der Waals surface area contributed by atoms with Crippen molar-refractivity contribution in [3.63, 3.8) is 0 Å². The zero-order valence-corrected chi connectivity index (χ0v) is 16.8. The molecule has 1 unspecified atom stereocenters. The van der Waals surface area contributed by atoms with E-state index in [0.717, 1.165) is 16.9 Å². The van der Waals surface area contributed by atoms with E-state index in [-0.39, 0.29) is 11.8 Å². The molecule has 0 spiro atoms. The lowest BCUT2D eigenvalue weighted by molar-refractivity contribution is -0.117. The molecule has 3 aromatic rings. The predicted octanol–water partition coefficient (Wildman–Crippen LogP) is 3.72. The molecule has 2 heterocycles. The van der Waals surface area contributed by atoms with Crippen molar-refractivity contribution in [1.82, 2.24) is 10.1 Å². The summed E-state index contributed by atoms with van der Waals surface area (Å²) in [5, 5.41) is 4.16. The highest BCUT2D eigenvalue weighted by atomic mass is 16.5. The summed E-state index contributed by atoms with van der Waals surface area (Å²) in [6.45, 7) is 2.97. The molecule has 1 saturated heterocycles. The number of nitrogens with zero attached hydrogens (tertiary/aromatic N) is 4. The van der Waals surface area contributed by atoms with Gasteiger partial charge in [0, 0.05) is 44.2 Å². The third-order valence-electron chi connectivity index (χ3n) is 5.00. The standard InChI is InChI=1S/C22H24N4O3/c1-4-28-19-11-6-5-10-18(19)26-14-16(13-20(26)27)21-23-22(29-24-21)15-8-7-9-17(12-15)25(2)3/h5-12,16H,4,13-14H2,1-3H3. The van der Waals surface area contributed by atoms with Crippen LogP contribution in [-0.4, -0.2) is 43.3 Å². The minimum absolute atomic E-state index is 0.0307. The molecule has 1 aliphatic rings. The van der Waals surface area contributed by atoms with Crippen LogP contribution >= 0.6 is 0 Å². The van der Waals surface area contributed by atoms with Crippen molar-refractivity contribution in [3.8, 4) is 17.2 Å². The highest BCUT2D eigenvalue weighted by molar-refractivity contribution is 5.97. The second-order valence-corrected chi connectivity index (χ2v) is 7.21. The Balaban J connectivity index is 1.56. The summed E-state index contributed by atoms with van der Waals surface area (Å²) in [6, 6.07) is 15.5. The maximum Gasteiger partial charge on any atom is 0.258 e. The Morgan fingerprint density at radius 2 is 2.03 bits per heavy atom. The van der Waals surface area contributed by atoms with E-state index >= 15 is 0 Å². The largest absolute Gasteiger partial charge is 0.492 e. The number of para-hydroxylation sites is 2. The Morgan fingerprint density at radius 1 is 1.21 bits per heavy atom. The number of ether oxygens (including phenoxy) is 1. The van der Waals surface area contributed by atoms with Crippen molar-refractivity contribution in [3.05, 3.63) is 54.4 Å².